The van der Waals surface area contributed by atoms with Crippen molar-refractivity contribution in [2.24, 2.45) is 5.73 Å². The molecule has 1 aliphatic rings. The Morgan fingerprint density at radius 3 is 1.80 bits per heavy atom. The average molecular weight is 400 g/mol. The van der Waals surface area contributed by atoms with Crippen LogP contribution in [-0.2, 0) is 15.1 Å². The molecule has 1 aliphatic heterocycles. The molecule has 7 nitrogen and oxygen atoms in total. The summed E-state index contributed by atoms with van der Waals surface area (Å²) in [6, 6.07) is 24.8. The van der Waals surface area contributed by atoms with Crippen LogP contribution in [0.2, 0.25) is 0 Å². The highest BCUT2D eigenvalue weighted by Crippen LogP contribution is 2.35. The summed E-state index contributed by atoms with van der Waals surface area (Å²) < 4.78 is 0. The molecule has 0 bridgehead atoms. The van der Waals surface area contributed by atoms with Crippen LogP contribution < -0.4 is 16.5 Å². The molecule has 7 heteroatoms. The van der Waals surface area contributed by atoms with E-state index in [1.54, 1.807) is 78.9 Å². The molecular formula is C23H20N4O3. The minimum Gasteiger partial charge on any atom is -0.316 e. The molecule has 3 aromatic carbocycles. The maximum Gasteiger partial charge on any atom is 0.344 e. The summed E-state index contributed by atoms with van der Waals surface area (Å²) >= 11 is 0. The van der Waals surface area contributed by atoms with Crippen LogP contribution in [0.15, 0.2) is 91.0 Å². The number of hydrogen-bond donors (Lipinski definition) is 3. The van der Waals surface area contributed by atoms with Crippen LogP contribution in [0, 0.1) is 0 Å². The smallest absolute Gasteiger partial charge is 0.316 e. The van der Waals surface area contributed by atoms with E-state index in [1.807, 2.05) is 12.1 Å². The van der Waals surface area contributed by atoms with E-state index >= 15 is 0 Å². The Bertz CT molecular complexity index is 1030. The second-order valence-corrected chi connectivity index (χ2v) is 6.92. The van der Waals surface area contributed by atoms with Gasteiger partial charge in [-0.2, -0.15) is 5.01 Å². The normalized spacial score (nSPS) is 16.1. The topological polar surface area (TPSA) is 105 Å². The number of carbonyl (C=O) groups is 3. The van der Waals surface area contributed by atoms with Gasteiger partial charge in [0.2, 0.25) is 0 Å². The molecule has 150 valence electrons. The number of benzene rings is 3. The number of carbonyl (C=O) groups excluding carboxylic acids is 3. The monoisotopic (exact) mass is 400 g/mol. The van der Waals surface area contributed by atoms with Gasteiger partial charge in [0.05, 0.1) is 0 Å². The summed E-state index contributed by atoms with van der Waals surface area (Å²) in [5.41, 5.74) is 8.67. The zero-order chi connectivity index (χ0) is 21.1. The zero-order valence-electron chi connectivity index (χ0n) is 16.0. The van der Waals surface area contributed by atoms with Crippen LogP contribution in [0.4, 0.5) is 4.79 Å². The van der Waals surface area contributed by atoms with Crippen molar-refractivity contribution in [2.45, 2.75) is 11.6 Å². The summed E-state index contributed by atoms with van der Waals surface area (Å²) in [5.74, 6) is -1.28. The minimum atomic E-state index is -1.45. The van der Waals surface area contributed by atoms with Gasteiger partial charge in [0.1, 0.15) is 6.04 Å². The SMILES string of the molecule is NC(C(=O)NN1C(=O)NC(c2ccccc2)(c2ccccc2)C1=O)c1ccccc1. The highest BCUT2D eigenvalue weighted by molar-refractivity contribution is 6.10. The number of imide groups is 1. The van der Waals surface area contributed by atoms with Crippen LogP contribution in [-0.4, -0.2) is 22.9 Å². The number of hydrazine groups is 1. The highest BCUT2D eigenvalue weighted by atomic mass is 16.2. The fourth-order valence-corrected chi connectivity index (χ4v) is 3.56. The highest BCUT2D eigenvalue weighted by Gasteiger charge is 2.54. The molecule has 1 saturated heterocycles. The first kappa shape index (κ1) is 19.4. The molecule has 1 unspecified atom stereocenters. The molecule has 1 atom stereocenters. The van der Waals surface area contributed by atoms with Gasteiger partial charge in [0.15, 0.2) is 5.54 Å². The van der Waals surface area contributed by atoms with Gasteiger partial charge in [-0.3, -0.25) is 15.0 Å². The maximum absolute atomic E-state index is 13.5. The molecular weight excluding hydrogens is 380 g/mol. The van der Waals surface area contributed by atoms with Gasteiger partial charge in [0, 0.05) is 0 Å². The summed E-state index contributed by atoms with van der Waals surface area (Å²) in [7, 11) is 0. The lowest BCUT2D eigenvalue weighted by atomic mass is 9.83. The lowest BCUT2D eigenvalue weighted by molar-refractivity contribution is -0.139. The van der Waals surface area contributed by atoms with Gasteiger partial charge in [0.25, 0.3) is 11.8 Å². The number of nitrogens with zero attached hydrogens (tertiary/aromatic N) is 1. The Morgan fingerprint density at radius 1 is 0.833 bits per heavy atom. The molecule has 3 aromatic rings. The molecule has 1 fully saturated rings. The van der Waals surface area contributed by atoms with E-state index in [9.17, 15) is 14.4 Å². The van der Waals surface area contributed by atoms with Crippen molar-refractivity contribution < 1.29 is 14.4 Å². The fourth-order valence-electron chi connectivity index (χ4n) is 3.56. The maximum atomic E-state index is 13.5. The summed E-state index contributed by atoms with van der Waals surface area (Å²) in [4.78, 5) is 39.0. The minimum absolute atomic E-state index is 0.569. The third kappa shape index (κ3) is 3.21. The van der Waals surface area contributed by atoms with Gasteiger partial charge in [-0.05, 0) is 16.7 Å². The van der Waals surface area contributed by atoms with Gasteiger partial charge in [-0.1, -0.05) is 91.0 Å². The van der Waals surface area contributed by atoms with Crippen molar-refractivity contribution in [3.05, 3.63) is 108 Å². The van der Waals surface area contributed by atoms with E-state index in [0.717, 1.165) is 0 Å². The van der Waals surface area contributed by atoms with Crippen LogP contribution in [0.1, 0.15) is 22.7 Å². The van der Waals surface area contributed by atoms with Crippen molar-refractivity contribution >= 4 is 17.8 Å². The summed E-state index contributed by atoms with van der Waals surface area (Å²) in [6.45, 7) is 0. The van der Waals surface area contributed by atoms with Crippen molar-refractivity contribution in [3.8, 4) is 0 Å². The van der Waals surface area contributed by atoms with Gasteiger partial charge < -0.3 is 11.1 Å². The zero-order valence-corrected chi connectivity index (χ0v) is 16.0. The largest absolute Gasteiger partial charge is 0.344 e. The molecule has 0 saturated carbocycles. The second-order valence-electron chi connectivity index (χ2n) is 6.92. The van der Waals surface area contributed by atoms with Crippen LogP contribution in [0.3, 0.4) is 0 Å². The number of nitrogens with two attached hydrogens (primary N) is 1. The van der Waals surface area contributed by atoms with Gasteiger partial charge >= 0.3 is 6.03 Å². The molecule has 0 aromatic heterocycles. The number of nitrogens with one attached hydrogen (secondary N) is 2. The lowest BCUT2D eigenvalue weighted by Gasteiger charge is -2.28. The van der Waals surface area contributed by atoms with E-state index in [-0.39, 0.29) is 0 Å². The molecule has 4 rings (SSSR count). The van der Waals surface area contributed by atoms with Crippen molar-refractivity contribution in [3.63, 3.8) is 0 Å². The Kier molecular flexibility index (Phi) is 5.04. The predicted molar refractivity (Wildman–Crippen MR) is 111 cm³/mol. The number of amides is 4. The first-order valence-electron chi connectivity index (χ1n) is 9.43. The standard InChI is InChI=1S/C23H20N4O3/c24-19(16-10-4-1-5-11-16)20(28)26-27-21(29)23(25-22(27)30,17-12-6-2-7-13-17)18-14-8-3-9-15-18/h1-15,19H,24H2,(H,25,30)(H,26,28). The lowest BCUT2D eigenvalue weighted by Crippen LogP contribution is -2.51. The number of rotatable bonds is 5. The van der Waals surface area contributed by atoms with Crippen LogP contribution in [0.5, 0.6) is 0 Å². The third-order valence-corrected chi connectivity index (χ3v) is 5.10. The van der Waals surface area contributed by atoms with E-state index < -0.39 is 29.4 Å². The van der Waals surface area contributed by atoms with Crippen LogP contribution in [0.25, 0.3) is 0 Å². The summed E-state index contributed by atoms with van der Waals surface area (Å²) in [6.07, 6.45) is 0. The average Bonchev–Trinajstić information content (AvgIpc) is 3.06. The quantitative estimate of drug-likeness (QED) is 0.571. The molecule has 4 amide bonds. The molecule has 4 N–H and O–H groups in total. The Morgan fingerprint density at radius 2 is 1.30 bits per heavy atom. The van der Waals surface area contributed by atoms with E-state index in [1.165, 1.54) is 0 Å². The van der Waals surface area contributed by atoms with E-state index in [4.69, 9.17) is 5.73 Å². The second kappa shape index (κ2) is 7.81. The van der Waals surface area contributed by atoms with E-state index in [2.05, 4.69) is 10.7 Å². The molecule has 0 aliphatic carbocycles. The van der Waals surface area contributed by atoms with Gasteiger partial charge in [-0.15, -0.1) is 0 Å². The van der Waals surface area contributed by atoms with Gasteiger partial charge in [-0.25, -0.2) is 4.79 Å². The first-order valence-corrected chi connectivity index (χ1v) is 9.43. The third-order valence-electron chi connectivity index (χ3n) is 5.10. The predicted octanol–water partition coefficient (Wildman–Crippen LogP) is 2.21. The van der Waals surface area contributed by atoms with Crippen LogP contribution >= 0.6 is 0 Å². The van der Waals surface area contributed by atoms with Crippen molar-refractivity contribution in [1.82, 2.24) is 15.8 Å². The van der Waals surface area contributed by atoms with E-state index in [0.29, 0.717) is 21.7 Å². The molecule has 30 heavy (non-hydrogen) atoms. The molecule has 1 heterocycles. The number of urea groups is 1. The Labute approximate surface area is 173 Å². The summed E-state index contributed by atoms with van der Waals surface area (Å²) in [5, 5.41) is 3.47. The van der Waals surface area contributed by atoms with Crippen molar-refractivity contribution in [1.29, 1.82) is 0 Å². The van der Waals surface area contributed by atoms with Crippen molar-refractivity contribution in [2.75, 3.05) is 0 Å². The fraction of sp³-hybridized carbons (Fsp3) is 0.0870. The Hall–Kier alpha value is -3.97. The number of hydrogen-bond acceptors (Lipinski definition) is 4. The molecule has 0 spiro atoms. The molecule has 0 radical (unpaired) electrons. The Balaban J connectivity index is 1.68. The first-order chi connectivity index (χ1) is 14.5.